The van der Waals surface area contributed by atoms with E-state index in [1.165, 1.54) is 4.90 Å². The monoisotopic (exact) mass is 570 g/mol. The lowest BCUT2D eigenvalue weighted by atomic mass is 9.72. The molecule has 1 fully saturated rings. The zero-order valence-corrected chi connectivity index (χ0v) is 25.0. The Morgan fingerprint density at radius 1 is 0.857 bits per heavy atom. The van der Waals surface area contributed by atoms with Crippen LogP contribution in [0.2, 0.25) is 0 Å². The van der Waals surface area contributed by atoms with Crippen molar-refractivity contribution in [1.29, 1.82) is 0 Å². The van der Waals surface area contributed by atoms with Crippen molar-refractivity contribution >= 4 is 18.0 Å². The van der Waals surface area contributed by atoms with Crippen molar-refractivity contribution in [2.75, 3.05) is 0 Å². The van der Waals surface area contributed by atoms with Gasteiger partial charge in [0.25, 0.3) is 0 Å². The maximum atomic E-state index is 13.5. The van der Waals surface area contributed by atoms with E-state index in [1.54, 1.807) is 12.1 Å². The number of hydrogen-bond donors (Lipinski definition) is 3. The zero-order valence-electron chi connectivity index (χ0n) is 25.0. The number of urea groups is 2. The molecule has 4 rings (SSSR count). The van der Waals surface area contributed by atoms with Gasteiger partial charge in [-0.2, -0.15) is 0 Å². The normalized spacial score (nSPS) is 16.2. The Morgan fingerprint density at radius 2 is 1.45 bits per heavy atom. The molecule has 3 N–H and O–H groups in total. The molecule has 0 saturated carbocycles. The van der Waals surface area contributed by atoms with Crippen LogP contribution in [0, 0.1) is 12.3 Å². The van der Waals surface area contributed by atoms with Gasteiger partial charge < -0.3 is 20.7 Å². The van der Waals surface area contributed by atoms with E-state index in [-0.39, 0.29) is 18.0 Å². The van der Waals surface area contributed by atoms with E-state index in [9.17, 15) is 14.4 Å². The third-order valence-corrected chi connectivity index (χ3v) is 8.11. The molecule has 0 spiro atoms. The number of aryl methyl sites for hydroxylation is 1. The second kappa shape index (κ2) is 14.0. The molecule has 0 unspecified atom stereocenters. The van der Waals surface area contributed by atoms with Crippen LogP contribution in [0.25, 0.3) is 0 Å². The molecule has 0 aliphatic carbocycles. The summed E-state index contributed by atoms with van der Waals surface area (Å²) in [4.78, 5) is 40.3. The fourth-order valence-electron chi connectivity index (χ4n) is 5.36. The molecule has 8 heteroatoms. The number of benzene rings is 3. The van der Waals surface area contributed by atoms with Crippen molar-refractivity contribution in [2.24, 2.45) is 5.41 Å². The maximum Gasteiger partial charge on any atom is 0.327 e. The molecule has 1 aliphatic heterocycles. The van der Waals surface area contributed by atoms with Gasteiger partial charge in [-0.15, -0.1) is 0 Å². The average molecular weight is 571 g/mol. The zero-order chi connectivity index (χ0) is 30.1. The second-order valence-electron chi connectivity index (χ2n) is 10.9. The molecule has 8 nitrogen and oxygen atoms in total. The third-order valence-electron chi connectivity index (χ3n) is 8.11. The van der Waals surface area contributed by atoms with Gasteiger partial charge >= 0.3 is 12.1 Å². The highest BCUT2D eigenvalue weighted by Crippen LogP contribution is 2.46. The first-order valence-electron chi connectivity index (χ1n) is 14.8. The SMILES string of the molecule is CCC[C@@H](NC(=O)N1C(=O)C(CC)(CC)[C@@H]1Oc1ccc(CNC(=O)NCc2ccccc2)cc1)c1ccc(C)cc1. The Balaban J connectivity index is 1.39. The van der Waals surface area contributed by atoms with Gasteiger partial charge in [-0.1, -0.05) is 99.5 Å². The molecule has 3 aromatic carbocycles. The van der Waals surface area contributed by atoms with Crippen molar-refractivity contribution in [3.8, 4) is 5.75 Å². The number of nitrogens with one attached hydrogen (secondary N) is 3. The number of likely N-dealkylation sites (tertiary alicyclic amines) is 1. The second-order valence-corrected chi connectivity index (χ2v) is 10.9. The molecule has 1 aliphatic rings. The van der Waals surface area contributed by atoms with Gasteiger partial charge in [0.15, 0.2) is 6.23 Å². The first-order valence-corrected chi connectivity index (χ1v) is 14.8. The van der Waals surface area contributed by atoms with Crippen molar-refractivity contribution in [3.05, 3.63) is 101 Å². The number of carbonyl (C=O) groups is 3. The fraction of sp³-hybridized carbons (Fsp3) is 0.382. The summed E-state index contributed by atoms with van der Waals surface area (Å²) in [6, 6.07) is 24.3. The first kappa shape index (κ1) is 30.6. The molecule has 222 valence electrons. The molecule has 0 aromatic heterocycles. The van der Waals surface area contributed by atoms with Gasteiger partial charge in [0.05, 0.1) is 6.04 Å². The quantitative estimate of drug-likeness (QED) is 0.214. The summed E-state index contributed by atoms with van der Waals surface area (Å²) in [6.45, 7) is 8.81. The Hall–Kier alpha value is -4.33. The maximum absolute atomic E-state index is 13.5. The molecule has 2 atom stereocenters. The van der Waals surface area contributed by atoms with E-state index in [1.807, 2.05) is 87.5 Å². The smallest absolute Gasteiger partial charge is 0.327 e. The number of ether oxygens (including phenoxy) is 1. The van der Waals surface area contributed by atoms with Gasteiger partial charge in [-0.05, 0) is 55.0 Å². The summed E-state index contributed by atoms with van der Waals surface area (Å²) < 4.78 is 6.33. The molecule has 5 amide bonds. The minimum absolute atomic E-state index is 0.202. The Labute approximate surface area is 248 Å². The third kappa shape index (κ3) is 6.93. The van der Waals surface area contributed by atoms with Crippen LogP contribution in [0.3, 0.4) is 0 Å². The van der Waals surface area contributed by atoms with E-state index >= 15 is 0 Å². The molecular weight excluding hydrogens is 528 g/mol. The van der Waals surface area contributed by atoms with Crippen LogP contribution in [-0.2, 0) is 17.9 Å². The summed E-state index contributed by atoms with van der Waals surface area (Å²) >= 11 is 0. The van der Waals surface area contributed by atoms with Gasteiger partial charge in [-0.25, -0.2) is 14.5 Å². The van der Waals surface area contributed by atoms with E-state index in [0.29, 0.717) is 31.7 Å². The van der Waals surface area contributed by atoms with Crippen molar-refractivity contribution in [2.45, 2.75) is 78.7 Å². The summed E-state index contributed by atoms with van der Waals surface area (Å²) in [5.41, 5.74) is 3.32. The number of hydrogen-bond acceptors (Lipinski definition) is 4. The van der Waals surface area contributed by atoms with Gasteiger partial charge in [-0.3, -0.25) is 4.79 Å². The molecule has 3 aromatic rings. The molecule has 1 saturated heterocycles. The Bertz CT molecular complexity index is 1340. The van der Waals surface area contributed by atoms with Gasteiger partial charge in [0.2, 0.25) is 5.91 Å². The van der Waals surface area contributed by atoms with Crippen molar-refractivity contribution in [1.82, 2.24) is 20.9 Å². The highest BCUT2D eigenvalue weighted by molar-refractivity contribution is 6.03. The minimum Gasteiger partial charge on any atom is -0.469 e. The largest absolute Gasteiger partial charge is 0.469 e. The van der Waals surface area contributed by atoms with Crippen LogP contribution in [0.1, 0.15) is 74.8 Å². The van der Waals surface area contributed by atoms with E-state index < -0.39 is 17.7 Å². The highest BCUT2D eigenvalue weighted by atomic mass is 16.5. The fourth-order valence-corrected chi connectivity index (χ4v) is 5.36. The van der Waals surface area contributed by atoms with Crippen LogP contribution in [0.4, 0.5) is 9.59 Å². The number of carbonyl (C=O) groups excluding carboxylic acids is 3. The van der Waals surface area contributed by atoms with Crippen LogP contribution in [0.5, 0.6) is 5.75 Å². The number of amides is 5. The van der Waals surface area contributed by atoms with Crippen LogP contribution in [0.15, 0.2) is 78.9 Å². The van der Waals surface area contributed by atoms with Crippen LogP contribution < -0.4 is 20.7 Å². The predicted octanol–water partition coefficient (Wildman–Crippen LogP) is 6.60. The number of nitrogens with zero attached hydrogens (tertiary/aromatic N) is 1. The summed E-state index contributed by atoms with van der Waals surface area (Å²) in [6.07, 6.45) is 2.05. The van der Waals surface area contributed by atoms with Crippen molar-refractivity contribution in [3.63, 3.8) is 0 Å². The lowest BCUT2D eigenvalue weighted by Gasteiger charge is -2.53. The van der Waals surface area contributed by atoms with Gasteiger partial charge in [0, 0.05) is 13.1 Å². The Kier molecular flexibility index (Phi) is 10.2. The van der Waals surface area contributed by atoms with E-state index in [0.717, 1.165) is 35.1 Å². The van der Waals surface area contributed by atoms with Crippen molar-refractivity contribution < 1.29 is 19.1 Å². The topological polar surface area (TPSA) is 99.8 Å². The predicted molar refractivity (Wildman–Crippen MR) is 164 cm³/mol. The molecule has 0 bridgehead atoms. The standard InChI is InChI=1S/C34H42N4O4/c1-5-11-29(27-18-14-24(4)15-19-27)37-33(41)38-30(39)34(6-2,7-3)31(38)42-28-20-16-26(17-21-28)23-36-32(40)35-22-25-12-9-8-10-13-25/h8-10,12-21,29,31H,5-7,11,22-23H2,1-4H3,(H,37,41)(H2,35,36,40)/t29-,31+/m1/s1. The first-order chi connectivity index (χ1) is 20.3. The number of β-lactam (4-membered cyclic amide) rings is 1. The average Bonchev–Trinajstić information content (AvgIpc) is 3.01. The number of rotatable bonds is 12. The number of imide groups is 1. The lowest BCUT2D eigenvalue weighted by molar-refractivity contribution is -0.191. The molecule has 1 heterocycles. The molecule has 42 heavy (non-hydrogen) atoms. The van der Waals surface area contributed by atoms with E-state index in [2.05, 4.69) is 22.9 Å². The van der Waals surface area contributed by atoms with Crippen LogP contribution >= 0.6 is 0 Å². The van der Waals surface area contributed by atoms with Crippen LogP contribution in [-0.4, -0.2) is 29.1 Å². The van der Waals surface area contributed by atoms with Gasteiger partial charge in [0.1, 0.15) is 11.2 Å². The summed E-state index contributed by atoms with van der Waals surface area (Å²) in [7, 11) is 0. The highest BCUT2D eigenvalue weighted by Gasteiger charge is 2.63. The summed E-state index contributed by atoms with van der Waals surface area (Å²) in [5.74, 6) is 0.342. The lowest BCUT2D eigenvalue weighted by Crippen LogP contribution is -2.73. The Morgan fingerprint density at radius 3 is 2.02 bits per heavy atom. The van der Waals surface area contributed by atoms with E-state index in [4.69, 9.17) is 4.74 Å². The summed E-state index contributed by atoms with van der Waals surface area (Å²) in [5, 5.41) is 8.79. The molecule has 0 radical (unpaired) electrons. The molecular formula is C34H42N4O4. The minimum atomic E-state index is -0.765.